The number of hydrogen-bond acceptors (Lipinski definition) is 4. The molecule has 132 valence electrons. The minimum Gasteiger partial charge on any atom is -0.484 e. The smallest absolute Gasteiger partial charge is 0.277 e. The third-order valence-corrected chi connectivity index (χ3v) is 4.35. The van der Waals surface area contributed by atoms with Gasteiger partial charge in [-0.3, -0.25) is 4.79 Å². The van der Waals surface area contributed by atoms with E-state index >= 15 is 0 Å². The zero-order chi connectivity index (χ0) is 18.3. The number of carbonyl (C=O) groups is 1. The molecule has 5 heteroatoms. The van der Waals surface area contributed by atoms with Gasteiger partial charge in [-0.1, -0.05) is 45.0 Å². The second-order valence-corrected chi connectivity index (χ2v) is 7.51. The van der Waals surface area contributed by atoms with Crippen LogP contribution in [0.3, 0.4) is 0 Å². The van der Waals surface area contributed by atoms with Crippen molar-refractivity contribution >= 4 is 23.9 Å². The summed E-state index contributed by atoms with van der Waals surface area (Å²) in [6.45, 7) is 6.40. The summed E-state index contributed by atoms with van der Waals surface area (Å²) in [5.41, 5.74) is 4.71. The van der Waals surface area contributed by atoms with E-state index in [0.29, 0.717) is 5.75 Å². The molecule has 0 fully saturated rings. The molecule has 0 saturated heterocycles. The molecule has 0 atom stereocenters. The molecule has 0 heterocycles. The van der Waals surface area contributed by atoms with Gasteiger partial charge in [0.1, 0.15) is 5.75 Å². The van der Waals surface area contributed by atoms with E-state index in [-0.39, 0.29) is 17.9 Å². The van der Waals surface area contributed by atoms with Crippen LogP contribution >= 0.6 is 11.8 Å². The van der Waals surface area contributed by atoms with Crippen molar-refractivity contribution in [3.63, 3.8) is 0 Å². The SMILES string of the molecule is CSc1ccc(C=NNC(=O)COc2ccc(C(C)(C)C)cc2)cc1. The number of benzene rings is 2. The van der Waals surface area contributed by atoms with Crippen LogP contribution in [0.15, 0.2) is 58.5 Å². The molecule has 0 aliphatic heterocycles. The summed E-state index contributed by atoms with van der Waals surface area (Å²) >= 11 is 1.68. The van der Waals surface area contributed by atoms with Crippen molar-refractivity contribution in [3.8, 4) is 5.75 Å². The number of hydrazone groups is 1. The lowest BCUT2D eigenvalue weighted by molar-refractivity contribution is -0.123. The number of thioether (sulfide) groups is 1. The van der Waals surface area contributed by atoms with Crippen LogP contribution in [-0.4, -0.2) is 25.0 Å². The Kier molecular flexibility index (Phi) is 6.65. The van der Waals surface area contributed by atoms with Crippen molar-refractivity contribution in [1.82, 2.24) is 5.43 Å². The van der Waals surface area contributed by atoms with E-state index in [2.05, 4.69) is 31.3 Å². The number of amides is 1. The van der Waals surface area contributed by atoms with Crippen LogP contribution in [-0.2, 0) is 10.2 Å². The van der Waals surface area contributed by atoms with Crippen molar-refractivity contribution < 1.29 is 9.53 Å². The predicted molar refractivity (Wildman–Crippen MR) is 105 cm³/mol. The standard InChI is InChI=1S/C20H24N2O2S/c1-20(2,3)16-7-9-17(10-8-16)24-14-19(23)22-21-13-15-5-11-18(25-4)12-6-15/h5-13H,14H2,1-4H3,(H,22,23). The third-order valence-electron chi connectivity index (χ3n) is 3.61. The summed E-state index contributed by atoms with van der Waals surface area (Å²) in [7, 11) is 0. The van der Waals surface area contributed by atoms with E-state index in [1.807, 2.05) is 54.8 Å². The highest BCUT2D eigenvalue weighted by molar-refractivity contribution is 7.98. The monoisotopic (exact) mass is 356 g/mol. The molecule has 4 nitrogen and oxygen atoms in total. The first-order chi connectivity index (χ1) is 11.9. The zero-order valence-electron chi connectivity index (χ0n) is 15.1. The van der Waals surface area contributed by atoms with E-state index in [1.165, 1.54) is 10.5 Å². The largest absolute Gasteiger partial charge is 0.484 e. The maximum absolute atomic E-state index is 11.8. The third kappa shape index (κ3) is 6.27. The Hall–Kier alpha value is -2.27. The Morgan fingerprint density at radius 3 is 2.32 bits per heavy atom. The van der Waals surface area contributed by atoms with Gasteiger partial charge in [0.15, 0.2) is 6.61 Å². The van der Waals surface area contributed by atoms with Gasteiger partial charge < -0.3 is 4.74 Å². The fraction of sp³-hybridized carbons (Fsp3) is 0.300. The highest BCUT2D eigenvalue weighted by Gasteiger charge is 2.13. The second-order valence-electron chi connectivity index (χ2n) is 6.63. The molecule has 0 saturated carbocycles. The van der Waals surface area contributed by atoms with Gasteiger partial charge in [0.05, 0.1) is 6.21 Å². The first-order valence-corrected chi connectivity index (χ1v) is 9.30. The zero-order valence-corrected chi connectivity index (χ0v) is 15.9. The van der Waals surface area contributed by atoms with Gasteiger partial charge in [-0.15, -0.1) is 11.8 Å². The fourth-order valence-electron chi connectivity index (χ4n) is 2.10. The van der Waals surface area contributed by atoms with E-state index in [1.54, 1.807) is 18.0 Å². The van der Waals surface area contributed by atoms with Crippen molar-refractivity contribution in [2.45, 2.75) is 31.1 Å². The lowest BCUT2D eigenvalue weighted by atomic mass is 9.87. The first-order valence-electron chi connectivity index (χ1n) is 8.08. The van der Waals surface area contributed by atoms with Gasteiger partial charge in [-0.25, -0.2) is 5.43 Å². The predicted octanol–water partition coefficient (Wildman–Crippen LogP) is 4.24. The van der Waals surface area contributed by atoms with E-state index in [9.17, 15) is 4.79 Å². The van der Waals surface area contributed by atoms with Gasteiger partial charge in [0.25, 0.3) is 5.91 Å². The number of nitrogens with one attached hydrogen (secondary N) is 1. The lowest BCUT2D eigenvalue weighted by Crippen LogP contribution is -2.24. The fourth-order valence-corrected chi connectivity index (χ4v) is 2.51. The maximum Gasteiger partial charge on any atom is 0.277 e. The Morgan fingerprint density at radius 2 is 1.76 bits per heavy atom. The maximum atomic E-state index is 11.8. The molecule has 1 N–H and O–H groups in total. The molecule has 0 spiro atoms. The van der Waals surface area contributed by atoms with Crippen molar-refractivity contribution in [3.05, 3.63) is 59.7 Å². The molecule has 2 aromatic rings. The summed E-state index contributed by atoms with van der Waals surface area (Å²) in [5, 5.41) is 3.94. The lowest BCUT2D eigenvalue weighted by Gasteiger charge is -2.19. The molecule has 1 amide bonds. The van der Waals surface area contributed by atoms with Crippen molar-refractivity contribution in [2.75, 3.05) is 12.9 Å². The van der Waals surface area contributed by atoms with Crippen molar-refractivity contribution in [1.29, 1.82) is 0 Å². The number of hydrogen-bond donors (Lipinski definition) is 1. The van der Waals surface area contributed by atoms with Gasteiger partial charge in [-0.2, -0.15) is 5.10 Å². The van der Waals surface area contributed by atoms with Crippen LogP contribution in [0.4, 0.5) is 0 Å². The van der Waals surface area contributed by atoms with Crippen LogP contribution in [0.5, 0.6) is 5.75 Å². The topological polar surface area (TPSA) is 50.7 Å². The first kappa shape index (κ1) is 19.1. The molecule has 2 aromatic carbocycles. The molecule has 0 unspecified atom stereocenters. The molecule has 0 aliphatic rings. The quantitative estimate of drug-likeness (QED) is 0.479. The van der Waals surface area contributed by atoms with E-state index < -0.39 is 0 Å². The van der Waals surface area contributed by atoms with Crippen LogP contribution < -0.4 is 10.2 Å². The van der Waals surface area contributed by atoms with Gasteiger partial charge in [-0.05, 0) is 47.1 Å². The molecular weight excluding hydrogens is 332 g/mol. The number of nitrogens with zero attached hydrogens (tertiary/aromatic N) is 1. The Morgan fingerprint density at radius 1 is 1.12 bits per heavy atom. The van der Waals surface area contributed by atoms with Crippen LogP contribution in [0.25, 0.3) is 0 Å². The van der Waals surface area contributed by atoms with Gasteiger partial charge >= 0.3 is 0 Å². The van der Waals surface area contributed by atoms with Gasteiger partial charge in [0.2, 0.25) is 0 Å². The van der Waals surface area contributed by atoms with Crippen LogP contribution in [0.1, 0.15) is 31.9 Å². The van der Waals surface area contributed by atoms with Crippen LogP contribution in [0, 0.1) is 0 Å². The highest BCUT2D eigenvalue weighted by Crippen LogP contribution is 2.24. The Bertz CT molecular complexity index is 717. The summed E-state index contributed by atoms with van der Waals surface area (Å²) < 4.78 is 5.48. The van der Waals surface area contributed by atoms with E-state index in [4.69, 9.17) is 4.74 Å². The summed E-state index contributed by atoms with van der Waals surface area (Å²) in [6.07, 6.45) is 3.64. The molecule has 0 aliphatic carbocycles. The normalized spacial score (nSPS) is 11.5. The number of ether oxygens (including phenoxy) is 1. The summed E-state index contributed by atoms with van der Waals surface area (Å²) in [6, 6.07) is 15.7. The van der Waals surface area contributed by atoms with Crippen molar-refractivity contribution in [2.24, 2.45) is 5.10 Å². The molecule has 2 rings (SSSR count). The highest BCUT2D eigenvalue weighted by atomic mass is 32.2. The summed E-state index contributed by atoms with van der Waals surface area (Å²) in [5.74, 6) is 0.372. The summed E-state index contributed by atoms with van der Waals surface area (Å²) in [4.78, 5) is 13.0. The van der Waals surface area contributed by atoms with Gasteiger partial charge in [0, 0.05) is 4.90 Å². The Balaban J connectivity index is 1.79. The number of rotatable bonds is 6. The van der Waals surface area contributed by atoms with E-state index in [0.717, 1.165) is 5.56 Å². The van der Waals surface area contributed by atoms with Crippen LogP contribution in [0.2, 0.25) is 0 Å². The number of carbonyl (C=O) groups excluding carboxylic acids is 1. The molecule has 0 aromatic heterocycles. The molecule has 25 heavy (non-hydrogen) atoms. The average molecular weight is 356 g/mol. The minimum absolute atomic E-state index is 0.0718. The molecule has 0 radical (unpaired) electrons. The molecule has 0 bridgehead atoms. The average Bonchev–Trinajstić information content (AvgIpc) is 2.60. The second kappa shape index (κ2) is 8.72. The minimum atomic E-state index is -0.295. The molecular formula is C20H24N2O2S. The Labute approximate surface area is 153 Å².